The number of aromatic amines is 2. The van der Waals surface area contributed by atoms with E-state index in [1.165, 1.54) is 0 Å². The zero-order valence-corrected chi connectivity index (χ0v) is 14.8. The third kappa shape index (κ3) is 2.46. The van der Waals surface area contributed by atoms with Crippen molar-refractivity contribution in [2.45, 2.75) is 0 Å². The average Bonchev–Trinajstić information content (AvgIpc) is 3.29. The maximum absolute atomic E-state index is 5.42. The lowest BCUT2D eigenvalue weighted by Gasteiger charge is -2.03. The first-order chi connectivity index (χ1) is 12.7. The van der Waals surface area contributed by atoms with Gasteiger partial charge >= 0.3 is 0 Å². The largest absolute Gasteiger partial charge is 0.497 e. The zero-order valence-electron chi connectivity index (χ0n) is 14.8. The van der Waals surface area contributed by atoms with Crippen molar-refractivity contribution in [2.75, 3.05) is 28.4 Å². The predicted molar refractivity (Wildman–Crippen MR) is 97.4 cm³/mol. The summed E-state index contributed by atoms with van der Waals surface area (Å²) in [5, 5.41) is 0. The van der Waals surface area contributed by atoms with Gasteiger partial charge in [0.05, 0.1) is 39.5 Å². The van der Waals surface area contributed by atoms with Crippen LogP contribution in [0.15, 0.2) is 24.3 Å². The molecule has 0 aliphatic rings. The molecule has 2 heterocycles. The summed E-state index contributed by atoms with van der Waals surface area (Å²) < 4.78 is 21.4. The third-order valence-corrected chi connectivity index (χ3v) is 4.19. The van der Waals surface area contributed by atoms with Crippen LogP contribution in [0.1, 0.15) is 0 Å². The number of nitrogens with zero attached hydrogens (tertiary/aromatic N) is 2. The Morgan fingerprint density at radius 2 is 1.04 bits per heavy atom. The highest BCUT2D eigenvalue weighted by Gasteiger charge is 2.16. The molecular weight excluding hydrogens is 336 g/mol. The van der Waals surface area contributed by atoms with Gasteiger partial charge in [0.15, 0.2) is 11.6 Å². The molecule has 2 aromatic heterocycles. The van der Waals surface area contributed by atoms with Gasteiger partial charge in [-0.15, -0.1) is 0 Å². The molecule has 0 radical (unpaired) electrons. The van der Waals surface area contributed by atoms with Crippen LogP contribution in [0.25, 0.3) is 33.7 Å². The second-order valence-corrected chi connectivity index (χ2v) is 5.62. The molecule has 0 saturated carbocycles. The normalized spacial score (nSPS) is 11.1. The van der Waals surface area contributed by atoms with Crippen LogP contribution in [0.4, 0.5) is 0 Å². The smallest absolute Gasteiger partial charge is 0.174 e. The summed E-state index contributed by atoms with van der Waals surface area (Å²) in [5.74, 6) is 3.78. The molecule has 0 unspecified atom stereocenters. The van der Waals surface area contributed by atoms with Gasteiger partial charge in [0.1, 0.15) is 34.0 Å². The number of aromatic nitrogens is 4. The van der Waals surface area contributed by atoms with Gasteiger partial charge in [0.25, 0.3) is 0 Å². The van der Waals surface area contributed by atoms with Crippen LogP contribution in [-0.4, -0.2) is 48.4 Å². The number of hydrogen-bond acceptors (Lipinski definition) is 6. The summed E-state index contributed by atoms with van der Waals surface area (Å²) in [6.45, 7) is 0. The number of H-pyrrole nitrogens is 2. The number of benzene rings is 2. The highest BCUT2D eigenvalue weighted by Crippen LogP contribution is 2.34. The summed E-state index contributed by atoms with van der Waals surface area (Å²) in [7, 11) is 6.41. The summed E-state index contributed by atoms with van der Waals surface area (Å²) in [6.07, 6.45) is 0. The second-order valence-electron chi connectivity index (χ2n) is 5.62. The quantitative estimate of drug-likeness (QED) is 0.572. The molecule has 0 aliphatic heterocycles. The fraction of sp³-hybridized carbons (Fsp3) is 0.222. The Balaban J connectivity index is 1.89. The SMILES string of the molecule is COc1cc(OC)c2nc(-c3nc4c(OC)cc(OC)cc4[nH]3)[nH]c2c1. The Kier molecular flexibility index (Phi) is 3.80. The molecule has 0 saturated heterocycles. The lowest BCUT2D eigenvalue weighted by atomic mass is 10.3. The summed E-state index contributed by atoms with van der Waals surface area (Å²) in [4.78, 5) is 15.7. The van der Waals surface area contributed by atoms with E-state index in [1.807, 2.05) is 12.1 Å². The van der Waals surface area contributed by atoms with Gasteiger partial charge in [-0.3, -0.25) is 0 Å². The molecular formula is C18H18N4O4. The molecule has 2 N–H and O–H groups in total. The number of rotatable bonds is 5. The maximum Gasteiger partial charge on any atom is 0.174 e. The van der Waals surface area contributed by atoms with E-state index in [4.69, 9.17) is 18.9 Å². The third-order valence-electron chi connectivity index (χ3n) is 4.19. The van der Waals surface area contributed by atoms with Crippen molar-refractivity contribution in [3.8, 4) is 34.6 Å². The van der Waals surface area contributed by atoms with Gasteiger partial charge in [-0.25, -0.2) is 9.97 Å². The Labute approximate surface area is 149 Å². The monoisotopic (exact) mass is 354 g/mol. The molecule has 8 nitrogen and oxygen atoms in total. The van der Waals surface area contributed by atoms with Crippen LogP contribution >= 0.6 is 0 Å². The Morgan fingerprint density at radius 1 is 0.615 bits per heavy atom. The van der Waals surface area contributed by atoms with Gasteiger partial charge in [0, 0.05) is 24.3 Å². The van der Waals surface area contributed by atoms with Crippen LogP contribution in [0.3, 0.4) is 0 Å². The van der Waals surface area contributed by atoms with Crippen LogP contribution in [0, 0.1) is 0 Å². The van der Waals surface area contributed by atoms with Gasteiger partial charge in [-0.05, 0) is 0 Å². The van der Waals surface area contributed by atoms with Gasteiger partial charge < -0.3 is 28.9 Å². The molecule has 134 valence electrons. The number of hydrogen-bond donors (Lipinski definition) is 2. The lowest BCUT2D eigenvalue weighted by molar-refractivity contribution is 0.397. The second kappa shape index (κ2) is 6.14. The molecule has 4 rings (SSSR count). The van der Waals surface area contributed by atoms with Crippen molar-refractivity contribution in [3.05, 3.63) is 24.3 Å². The number of ether oxygens (including phenoxy) is 4. The van der Waals surface area contributed by atoms with E-state index in [0.29, 0.717) is 45.7 Å². The highest BCUT2D eigenvalue weighted by atomic mass is 16.5. The minimum absolute atomic E-state index is 0.587. The maximum atomic E-state index is 5.42. The lowest BCUT2D eigenvalue weighted by Crippen LogP contribution is -1.88. The van der Waals surface area contributed by atoms with E-state index in [9.17, 15) is 0 Å². The van der Waals surface area contributed by atoms with Crippen molar-refractivity contribution < 1.29 is 18.9 Å². The molecule has 8 heteroatoms. The van der Waals surface area contributed by atoms with Crippen LogP contribution in [0.2, 0.25) is 0 Å². The predicted octanol–water partition coefficient (Wildman–Crippen LogP) is 3.14. The Bertz CT molecular complexity index is 1010. The van der Waals surface area contributed by atoms with Crippen molar-refractivity contribution >= 4 is 22.1 Å². The van der Waals surface area contributed by atoms with E-state index in [-0.39, 0.29) is 0 Å². The average molecular weight is 354 g/mol. The summed E-state index contributed by atoms with van der Waals surface area (Å²) in [6, 6.07) is 7.31. The number of imidazole rings is 2. The first-order valence-corrected chi connectivity index (χ1v) is 7.90. The molecule has 0 amide bonds. The number of nitrogens with one attached hydrogen (secondary N) is 2. The molecule has 0 fully saturated rings. The zero-order chi connectivity index (χ0) is 18.3. The molecule has 2 aromatic carbocycles. The molecule has 4 aromatic rings. The fourth-order valence-electron chi connectivity index (χ4n) is 2.89. The Morgan fingerprint density at radius 3 is 1.38 bits per heavy atom. The van der Waals surface area contributed by atoms with Gasteiger partial charge in [-0.1, -0.05) is 0 Å². The van der Waals surface area contributed by atoms with Crippen molar-refractivity contribution in [1.29, 1.82) is 0 Å². The van der Waals surface area contributed by atoms with Crippen LogP contribution < -0.4 is 18.9 Å². The van der Waals surface area contributed by atoms with E-state index < -0.39 is 0 Å². The van der Waals surface area contributed by atoms with Crippen LogP contribution in [0.5, 0.6) is 23.0 Å². The summed E-state index contributed by atoms with van der Waals surface area (Å²) >= 11 is 0. The fourth-order valence-corrected chi connectivity index (χ4v) is 2.89. The molecule has 0 atom stereocenters. The topological polar surface area (TPSA) is 94.3 Å². The highest BCUT2D eigenvalue weighted by molar-refractivity contribution is 5.89. The van der Waals surface area contributed by atoms with E-state index in [0.717, 1.165) is 11.0 Å². The van der Waals surface area contributed by atoms with Crippen LogP contribution in [-0.2, 0) is 0 Å². The Hall–Kier alpha value is -3.42. The van der Waals surface area contributed by atoms with Crippen molar-refractivity contribution in [3.63, 3.8) is 0 Å². The van der Waals surface area contributed by atoms with E-state index in [1.54, 1.807) is 40.6 Å². The minimum atomic E-state index is 0.587. The van der Waals surface area contributed by atoms with Crippen molar-refractivity contribution in [2.24, 2.45) is 0 Å². The van der Waals surface area contributed by atoms with E-state index >= 15 is 0 Å². The molecule has 0 spiro atoms. The van der Waals surface area contributed by atoms with E-state index in [2.05, 4.69) is 19.9 Å². The van der Waals surface area contributed by atoms with Gasteiger partial charge in [0.2, 0.25) is 0 Å². The molecule has 26 heavy (non-hydrogen) atoms. The van der Waals surface area contributed by atoms with Gasteiger partial charge in [-0.2, -0.15) is 0 Å². The summed E-state index contributed by atoms with van der Waals surface area (Å²) in [5.41, 5.74) is 2.99. The first kappa shape index (κ1) is 16.1. The first-order valence-electron chi connectivity index (χ1n) is 7.90. The molecule has 0 bridgehead atoms. The van der Waals surface area contributed by atoms with Crippen molar-refractivity contribution in [1.82, 2.24) is 19.9 Å². The number of fused-ring (bicyclic) bond motifs is 2. The standard InChI is InChI=1S/C18H18N4O4/c1-23-9-5-11-15(13(7-9)25-3)21-17(19-11)18-20-12-6-10(24-2)8-14(26-4)16(12)22-18/h5-8H,1-4H3,(H,19,21)(H,20,22). The molecule has 0 aliphatic carbocycles. The minimum Gasteiger partial charge on any atom is -0.497 e. The number of methoxy groups -OCH3 is 4.